The molecule has 1 fully saturated rings. The zero-order chi connectivity index (χ0) is 14.0. The summed E-state index contributed by atoms with van der Waals surface area (Å²) >= 11 is 10.3. The highest BCUT2D eigenvalue weighted by atomic mass is 79.9. The summed E-state index contributed by atoms with van der Waals surface area (Å²) < 4.78 is 11.7. The van der Waals surface area contributed by atoms with Crippen LogP contribution in [0, 0.1) is 11.8 Å². The SMILES string of the molecule is COc1ccc(C(Cl)C2CCCC2C)c(OC)c1Br. The van der Waals surface area contributed by atoms with E-state index < -0.39 is 0 Å². The highest BCUT2D eigenvalue weighted by Gasteiger charge is 2.32. The van der Waals surface area contributed by atoms with E-state index in [0.29, 0.717) is 11.8 Å². The first-order valence-electron chi connectivity index (χ1n) is 6.64. The molecule has 2 rings (SSSR count). The second-order valence-electron chi connectivity index (χ2n) is 5.18. The first-order chi connectivity index (χ1) is 9.10. The van der Waals surface area contributed by atoms with Crippen molar-refractivity contribution in [2.24, 2.45) is 11.8 Å². The van der Waals surface area contributed by atoms with E-state index in [9.17, 15) is 0 Å². The van der Waals surface area contributed by atoms with Crippen LogP contribution >= 0.6 is 27.5 Å². The molecule has 0 amide bonds. The van der Waals surface area contributed by atoms with Crippen molar-refractivity contribution in [1.29, 1.82) is 0 Å². The Morgan fingerprint density at radius 3 is 2.53 bits per heavy atom. The Labute approximate surface area is 128 Å². The third kappa shape index (κ3) is 2.87. The molecular weight excluding hydrogens is 328 g/mol. The molecule has 3 unspecified atom stereocenters. The molecule has 1 aliphatic carbocycles. The minimum absolute atomic E-state index is 0.00495. The maximum absolute atomic E-state index is 6.72. The van der Waals surface area contributed by atoms with Gasteiger partial charge in [0, 0.05) is 5.56 Å². The minimum atomic E-state index is -0.00495. The number of alkyl halides is 1. The van der Waals surface area contributed by atoms with Gasteiger partial charge in [0.15, 0.2) is 0 Å². The van der Waals surface area contributed by atoms with Gasteiger partial charge in [-0.05, 0) is 40.3 Å². The lowest BCUT2D eigenvalue weighted by molar-refractivity contribution is 0.369. The molecule has 0 heterocycles. The van der Waals surface area contributed by atoms with Crippen molar-refractivity contribution in [3.8, 4) is 11.5 Å². The minimum Gasteiger partial charge on any atom is -0.495 e. The summed E-state index contributed by atoms with van der Waals surface area (Å²) in [4.78, 5) is 0. The van der Waals surface area contributed by atoms with Gasteiger partial charge in [-0.2, -0.15) is 0 Å². The van der Waals surface area contributed by atoms with Crippen LogP contribution in [0.2, 0.25) is 0 Å². The summed E-state index contributed by atoms with van der Waals surface area (Å²) in [5, 5.41) is -0.00495. The van der Waals surface area contributed by atoms with Crippen molar-refractivity contribution in [2.75, 3.05) is 14.2 Å². The van der Waals surface area contributed by atoms with Gasteiger partial charge >= 0.3 is 0 Å². The number of methoxy groups -OCH3 is 2. The lowest BCUT2D eigenvalue weighted by Gasteiger charge is -2.24. The van der Waals surface area contributed by atoms with E-state index >= 15 is 0 Å². The number of hydrogen-bond donors (Lipinski definition) is 0. The Morgan fingerprint density at radius 2 is 2.00 bits per heavy atom. The van der Waals surface area contributed by atoms with Crippen molar-refractivity contribution in [1.82, 2.24) is 0 Å². The quantitative estimate of drug-likeness (QED) is 0.698. The zero-order valence-electron chi connectivity index (χ0n) is 11.6. The second kappa shape index (κ2) is 6.36. The molecule has 4 heteroatoms. The van der Waals surface area contributed by atoms with Crippen LogP contribution in [0.5, 0.6) is 11.5 Å². The van der Waals surface area contributed by atoms with E-state index in [2.05, 4.69) is 22.9 Å². The molecule has 0 N–H and O–H groups in total. The van der Waals surface area contributed by atoms with Gasteiger partial charge in [0.05, 0.1) is 19.6 Å². The topological polar surface area (TPSA) is 18.5 Å². The first-order valence-corrected chi connectivity index (χ1v) is 7.87. The van der Waals surface area contributed by atoms with Gasteiger partial charge in [-0.15, -0.1) is 11.6 Å². The van der Waals surface area contributed by atoms with Crippen molar-refractivity contribution < 1.29 is 9.47 Å². The monoisotopic (exact) mass is 346 g/mol. The Bertz CT molecular complexity index is 450. The van der Waals surface area contributed by atoms with E-state index in [1.807, 2.05) is 12.1 Å². The van der Waals surface area contributed by atoms with Gasteiger partial charge in [0.25, 0.3) is 0 Å². The molecule has 106 valence electrons. The molecule has 0 saturated heterocycles. The molecule has 19 heavy (non-hydrogen) atoms. The molecule has 0 aromatic heterocycles. The van der Waals surface area contributed by atoms with Crippen LogP contribution in [0.15, 0.2) is 16.6 Å². The fourth-order valence-electron chi connectivity index (χ4n) is 2.97. The molecule has 1 aliphatic rings. The molecule has 1 saturated carbocycles. The number of benzene rings is 1. The van der Waals surface area contributed by atoms with Gasteiger partial charge in [0.2, 0.25) is 0 Å². The van der Waals surface area contributed by atoms with Gasteiger partial charge in [-0.1, -0.05) is 25.8 Å². The van der Waals surface area contributed by atoms with Crippen molar-refractivity contribution in [3.63, 3.8) is 0 Å². The maximum Gasteiger partial charge on any atom is 0.141 e. The molecule has 1 aromatic carbocycles. The zero-order valence-corrected chi connectivity index (χ0v) is 13.9. The van der Waals surface area contributed by atoms with Crippen LogP contribution < -0.4 is 9.47 Å². The molecule has 0 aliphatic heterocycles. The Balaban J connectivity index is 2.36. The molecule has 2 nitrogen and oxygen atoms in total. The number of halogens is 2. The van der Waals surface area contributed by atoms with Gasteiger partial charge in [-0.3, -0.25) is 0 Å². The Morgan fingerprint density at radius 1 is 1.26 bits per heavy atom. The lowest BCUT2D eigenvalue weighted by Crippen LogP contribution is -2.12. The van der Waals surface area contributed by atoms with Crippen molar-refractivity contribution >= 4 is 27.5 Å². The summed E-state index contributed by atoms with van der Waals surface area (Å²) in [6, 6.07) is 3.96. The summed E-state index contributed by atoms with van der Waals surface area (Å²) in [5.74, 6) is 2.76. The number of ether oxygens (including phenoxy) is 2. The molecular formula is C15H20BrClO2. The highest BCUT2D eigenvalue weighted by molar-refractivity contribution is 9.10. The molecule has 0 radical (unpaired) electrons. The molecule has 0 bridgehead atoms. The highest BCUT2D eigenvalue weighted by Crippen LogP contribution is 2.48. The average molecular weight is 348 g/mol. The standard InChI is InChI=1S/C15H20BrClO2/c1-9-5-4-6-10(9)14(17)11-7-8-12(18-2)13(16)15(11)19-3/h7-10,14H,4-6H2,1-3H3. The van der Waals surface area contributed by atoms with Crippen LogP contribution in [0.4, 0.5) is 0 Å². The largest absolute Gasteiger partial charge is 0.495 e. The predicted octanol–water partition coefficient (Wildman–Crippen LogP) is 5.18. The van der Waals surface area contributed by atoms with Crippen LogP contribution in [0.3, 0.4) is 0 Å². The molecule has 0 spiro atoms. The van der Waals surface area contributed by atoms with E-state index in [4.69, 9.17) is 21.1 Å². The first kappa shape index (κ1) is 15.0. The normalized spacial score (nSPS) is 24.3. The summed E-state index contributed by atoms with van der Waals surface area (Å²) in [5.41, 5.74) is 1.05. The molecule has 1 aromatic rings. The van der Waals surface area contributed by atoms with Crippen LogP contribution in [-0.4, -0.2) is 14.2 Å². The predicted molar refractivity (Wildman–Crippen MR) is 82.3 cm³/mol. The van der Waals surface area contributed by atoms with Gasteiger partial charge in [0.1, 0.15) is 16.0 Å². The van der Waals surface area contributed by atoms with Crippen molar-refractivity contribution in [2.45, 2.75) is 31.6 Å². The number of rotatable bonds is 4. The van der Waals surface area contributed by atoms with Crippen LogP contribution in [-0.2, 0) is 0 Å². The average Bonchev–Trinajstić information content (AvgIpc) is 2.83. The maximum atomic E-state index is 6.72. The second-order valence-corrected chi connectivity index (χ2v) is 6.44. The fourth-order valence-corrected chi connectivity index (χ4v) is 4.21. The Hall–Kier alpha value is -0.410. The van der Waals surface area contributed by atoms with E-state index in [1.165, 1.54) is 19.3 Å². The van der Waals surface area contributed by atoms with E-state index in [1.54, 1.807) is 14.2 Å². The van der Waals surface area contributed by atoms with Crippen molar-refractivity contribution in [3.05, 3.63) is 22.2 Å². The van der Waals surface area contributed by atoms with E-state index in [-0.39, 0.29) is 5.38 Å². The van der Waals surface area contributed by atoms with Gasteiger partial charge in [-0.25, -0.2) is 0 Å². The summed E-state index contributed by atoms with van der Waals surface area (Å²) in [6.45, 7) is 2.29. The summed E-state index contributed by atoms with van der Waals surface area (Å²) in [7, 11) is 3.32. The van der Waals surface area contributed by atoms with Crippen LogP contribution in [0.25, 0.3) is 0 Å². The lowest BCUT2D eigenvalue weighted by atomic mass is 9.90. The third-order valence-corrected chi connectivity index (χ3v) is 5.43. The fraction of sp³-hybridized carbons (Fsp3) is 0.600. The van der Waals surface area contributed by atoms with Gasteiger partial charge < -0.3 is 9.47 Å². The Kier molecular flexibility index (Phi) is 5.02. The smallest absolute Gasteiger partial charge is 0.141 e. The number of hydrogen-bond acceptors (Lipinski definition) is 2. The van der Waals surface area contributed by atoms with Crippen LogP contribution in [0.1, 0.15) is 37.1 Å². The summed E-state index contributed by atoms with van der Waals surface area (Å²) in [6.07, 6.45) is 3.74. The van der Waals surface area contributed by atoms with E-state index in [0.717, 1.165) is 21.5 Å². The molecule has 3 atom stereocenters. The third-order valence-electron chi connectivity index (χ3n) is 4.12.